The molecule has 0 saturated carbocycles. The summed E-state index contributed by atoms with van der Waals surface area (Å²) >= 11 is 5.76. The largest absolute Gasteiger partial charge is 0.355 e. The van der Waals surface area contributed by atoms with Gasteiger partial charge in [0.15, 0.2) is 0 Å². The van der Waals surface area contributed by atoms with Crippen molar-refractivity contribution in [2.75, 3.05) is 10.2 Å². The summed E-state index contributed by atoms with van der Waals surface area (Å²) in [5, 5.41) is 6.96. The fraction of sp³-hybridized carbons (Fsp3) is 0.136. The Hall–Kier alpha value is -3.45. The van der Waals surface area contributed by atoms with Crippen molar-refractivity contribution in [1.82, 2.24) is 5.32 Å². The van der Waals surface area contributed by atoms with Crippen molar-refractivity contribution < 1.29 is 18.8 Å². The van der Waals surface area contributed by atoms with Crippen LogP contribution in [0.4, 0.5) is 21.5 Å². The predicted octanol–water partition coefficient (Wildman–Crippen LogP) is 4.14. The molecule has 2 aliphatic rings. The van der Waals surface area contributed by atoms with E-state index in [0.717, 1.165) is 5.39 Å². The second kappa shape index (κ2) is 6.81. The summed E-state index contributed by atoms with van der Waals surface area (Å²) in [6.07, 6.45) is 0.424. The van der Waals surface area contributed by atoms with Gasteiger partial charge in [-0.2, -0.15) is 0 Å². The molecule has 0 radical (unpaired) electrons. The first-order valence-electron chi connectivity index (χ1n) is 9.39. The lowest BCUT2D eigenvalue weighted by Crippen LogP contribution is -2.53. The molecule has 1 saturated heterocycles. The molecule has 3 aromatic carbocycles. The van der Waals surface area contributed by atoms with Crippen molar-refractivity contribution in [1.29, 1.82) is 0 Å². The minimum atomic E-state index is -0.769. The van der Waals surface area contributed by atoms with Crippen LogP contribution in [-0.4, -0.2) is 23.8 Å². The molecule has 30 heavy (non-hydrogen) atoms. The van der Waals surface area contributed by atoms with Crippen molar-refractivity contribution in [2.45, 2.75) is 18.9 Å². The van der Waals surface area contributed by atoms with E-state index in [1.807, 2.05) is 18.2 Å². The second-order valence-electron chi connectivity index (χ2n) is 7.26. The summed E-state index contributed by atoms with van der Waals surface area (Å²) < 4.78 is 13.9. The number of hydrogen-bond acceptors (Lipinski definition) is 4. The van der Waals surface area contributed by atoms with Gasteiger partial charge in [0.05, 0.1) is 22.0 Å². The molecule has 0 aromatic heterocycles. The zero-order valence-corrected chi connectivity index (χ0v) is 16.3. The summed E-state index contributed by atoms with van der Waals surface area (Å²) in [7, 11) is 0. The van der Waals surface area contributed by atoms with E-state index in [0.29, 0.717) is 28.0 Å². The standard InChI is InChI=1S/C22H15ClFN3O3/c23-13-6-5-12(10-14(13)24)25-15-7-4-11-2-1-3-16-19(11)20(15)22(30)27(16)17-8-9-18(28)26-21(17)29/h1-7,10,17,25H,8-9H2,(H,26,28,29). The fourth-order valence-electron chi connectivity index (χ4n) is 4.08. The van der Waals surface area contributed by atoms with Gasteiger partial charge in [0.1, 0.15) is 11.9 Å². The van der Waals surface area contributed by atoms with Gasteiger partial charge in [0, 0.05) is 17.5 Å². The van der Waals surface area contributed by atoms with Crippen molar-refractivity contribution in [2.24, 2.45) is 0 Å². The molecule has 2 heterocycles. The highest BCUT2D eigenvalue weighted by atomic mass is 35.5. The molecule has 1 atom stereocenters. The number of carbonyl (C=O) groups excluding carboxylic acids is 3. The molecule has 5 rings (SSSR count). The van der Waals surface area contributed by atoms with Gasteiger partial charge in [0.2, 0.25) is 11.8 Å². The Morgan fingerprint density at radius 1 is 1.10 bits per heavy atom. The first-order valence-corrected chi connectivity index (χ1v) is 9.77. The number of amides is 3. The molecule has 3 aromatic rings. The monoisotopic (exact) mass is 423 g/mol. The Morgan fingerprint density at radius 3 is 2.70 bits per heavy atom. The number of piperidine rings is 1. The van der Waals surface area contributed by atoms with Crippen LogP contribution in [-0.2, 0) is 9.59 Å². The fourth-order valence-corrected chi connectivity index (χ4v) is 4.20. The lowest BCUT2D eigenvalue weighted by Gasteiger charge is -2.30. The molecule has 6 nitrogen and oxygen atoms in total. The molecule has 3 amide bonds. The third-order valence-electron chi connectivity index (χ3n) is 5.44. The highest BCUT2D eigenvalue weighted by Gasteiger charge is 2.41. The number of nitrogens with one attached hydrogen (secondary N) is 2. The predicted molar refractivity (Wildman–Crippen MR) is 112 cm³/mol. The Morgan fingerprint density at radius 2 is 1.93 bits per heavy atom. The molecule has 1 unspecified atom stereocenters. The van der Waals surface area contributed by atoms with E-state index in [9.17, 15) is 18.8 Å². The minimum absolute atomic E-state index is 0.00555. The van der Waals surface area contributed by atoms with Gasteiger partial charge in [-0.3, -0.25) is 24.6 Å². The summed E-state index contributed by atoms with van der Waals surface area (Å²) in [4.78, 5) is 38.9. The highest BCUT2D eigenvalue weighted by Crippen LogP contribution is 2.43. The molecule has 0 aliphatic carbocycles. The first-order chi connectivity index (χ1) is 14.4. The Bertz CT molecular complexity index is 1260. The topological polar surface area (TPSA) is 78.5 Å². The van der Waals surface area contributed by atoms with Gasteiger partial charge in [-0.15, -0.1) is 0 Å². The number of nitrogens with zero attached hydrogens (tertiary/aromatic N) is 1. The van der Waals surface area contributed by atoms with Gasteiger partial charge in [0.25, 0.3) is 5.91 Å². The van der Waals surface area contributed by atoms with Gasteiger partial charge in [-0.1, -0.05) is 29.8 Å². The van der Waals surface area contributed by atoms with Crippen LogP contribution in [0.2, 0.25) is 5.02 Å². The molecule has 0 bridgehead atoms. The van der Waals surface area contributed by atoms with Crippen molar-refractivity contribution in [3.8, 4) is 0 Å². The van der Waals surface area contributed by atoms with E-state index in [1.54, 1.807) is 18.2 Å². The van der Waals surface area contributed by atoms with E-state index in [2.05, 4.69) is 10.6 Å². The average molecular weight is 424 g/mol. The van der Waals surface area contributed by atoms with Crippen LogP contribution in [0.1, 0.15) is 23.2 Å². The van der Waals surface area contributed by atoms with E-state index < -0.39 is 17.8 Å². The Kier molecular flexibility index (Phi) is 4.22. The third-order valence-corrected chi connectivity index (χ3v) is 5.74. The minimum Gasteiger partial charge on any atom is -0.355 e. The van der Waals surface area contributed by atoms with Crippen LogP contribution >= 0.6 is 11.6 Å². The lowest BCUT2D eigenvalue weighted by molar-refractivity contribution is -0.134. The maximum atomic E-state index is 13.9. The van der Waals surface area contributed by atoms with Crippen LogP contribution in [0.5, 0.6) is 0 Å². The molecule has 1 fully saturated rings. The number of benzene rings is 3. The molecular formula is C22H15ClFN3O3. The highest BCUT2D eigenvalue weighted by molar-refractivity contribution is 6.31. The summed E-state index contributed by atoms with van der Waals surface area (Å²) in [5.74, 6) is -1.74. The molecule has 2 N–H and O–H groups in total. The first kappa shape index (κ1) is 18.6. The van der Waals surface area contributed by atoms with Crippen LogP contribution in [0.15, 0.2) is 48.5 Å². The molecule has 0 spiro atoms. The van der Waals surface area contributed by atoms with Crippen LogP contribution in [0, 0.1) is 5.82 Å². The second-order valence-corrected chi connectivity index (χ2v) is 7.67. The molecule has 8 heteroatoms. The Labute approximate surface area is 175 Å². The normalized spacial score (nSPS) is 18.1. The Balaban J connectivity index is 1.61. The van der Waals surface area contributed by atoms with Crippen LogP contribution in [0.3, 0.4) is 0 Å². The number of hydrogen-bond donors (Lipinski definition) is 2. The quantitative estimate of drug-likeness (QED) is 0.620. The smallest absolute Gasteiger partial charge is 0.261 e. The number of halogens is 2. The summed E-state index contributed by atoms with van der Waals surface area (Å²) in [5.41, 5.74) is 1.96. The zero-order chi connectivity index (χ0) is 21.0. The van der Waals surface area contributed by atoms with Gasteiger partial charge >= 0.3 is 0 Å². The van der Waals surface area contributed by atoms with Crippen LogP contribution in [0.25, 0.3) is 10.8 Å². The molecule has 150 valence electrons. The average Bonchev–Trinajstić information content (AvgIpc) is 3.01. The van der Waals surface area contributed by atoms with Crippen molar-refractivity contribution in [3.05, 3.63) is 64.9 Å². The van der Waals surface area contributed by atoms with E-state index >= 15 is 0 Å². The van der Waals surface area contributed by atoms with E-state index in [1.165, 1.54) is 17.0 Å². The molecule has 2 aliphatic heterocycles. The van der Waals surface area contributed by atoms with Crippen LogP contribution < -0.4 is 15.5 Å². The summed E-state index contributed by atoms with van der Waals surface area (Å²) in [6, 6.07) is 12.6. The maximum Gasteiger partial charge on any atom is 0.261 e. The van der Waals surface area contributed by atoms with Gasteiger partial charge < -0.3 is 5.32 Å². The SMILES string of the molecule is O=C1CCC(N2C(=O)c3c(Nc4ccc(Cl)c(F)c4)ccc4cccc2c34)C(=O)N1. The lowest BCUT2D eigenvalue weighted by atomic mass is 10.0. The third kappa shape index (κ3) is 2.81. The molecular weight excluding hydrogens is 409 g/mol. The van der Waals surface area contributed by atoms with Crippen molar-refractivity contribution >= 4 is 57.2 Å². The van der Waals surface area contributed by atoms with Crippen molar-refractivity contribution in [3.63, 3.8) is 0 Å². The van der Waals surface area contributed by atoms with E-state index in [4.69, 9.17) is 11.6 Å². The number of rotatable bonds is 3. The van der Waals surface area contributed by atoms with Gasteiger partial charge in [-0.25, -0.2) is 4.39 Å². The maximum absolute atomic E-state index is 13.9. The van der Waals surface area contributed by atoms with Gasteiger partial charge in [-0.05, 0) is 42.1 Å². The van der Waals surface area contributed by atoms with E-state index in [-0.39, 0.29) is 29.7 Å². The number of imide groups is 1. The number of carbonyl (C=O) groups is 3. The summed E-state index contributed by atoms with van der Waals surface area (Å²) in [6.45, 7) is 0. The number of anilines is 3. The zero-order valence-electron chi connectivity index (χ0n) is 15.5.